The largest absolute Gasteiger partial charge is 0.395 e. The number of aromatic nitrogens is 2. The fraction of sp³-hybridized carbons (Fsp3) is 0.636. The first-order chi connectivity index (χ1) is 7.31. The zero-order valence-electron chi connectivity index (χ0n) is 9.06. The van der Waals surface area contributed by atoms with Gasteiger partial charge in [0.15, 0.2) is 5.82 Å². The molecule has 1 N–H and O–H groups in total. The lowest BCUT2D eigenvalue weighted by Crippen LogP contribution is -2.23. The lowest BCUT2D eigenvalue weighted by Gasteiger charge is -2.24. The fourth-order valence-corrected chi connectivity index (χ4v) is 1.73. The highest BCUT2D eigenvalue weighted by Gasteiger charge is 2.21. The third-order valence-corrected chi connectivity index (χ3v) is 3.02. The van der Waals surface area contributed by atoms with Gasteiger partial charge in [-0.2, -0.15) is 5.10 Å². The van der Waals surface area contributed by atoms with E-state index in [0.29, 0.717) is 12.5 Å². The van der Waals surface area contributed by atoms with Crippen LogP contribution in [0.2, 0.25) is 0 Å². The van der Waals surface area contributed by atoms with Crippen LogP contribution in [0.25, 0.3) is 0 Å². The van der Waals surface area contributed by atoms with Crippen molar-refractivity contribution in [3.63, 3.8) is 0 Å². The molecule has 0 amide bonds. The van der Waals surface area contributed by atoms with Crippen LogP contribution in [0.15, 0.2) is 12.1 Å². The average Bonchev–Trinajstić information content (AvgIpc) is 2.16. The van der Waals surface area contributed by atoms with Crippen LogP contribution < -0.4 is 4.90 Å². The Labute approximate surface area is 89.9 Å². The van der Waals surface area contributed by atoms with Gasteiger partial charge in [0.25, 0.3) is 0 Å². The number of nitrogens with zero attached hydrogens (tertiary/aromatic N) is 3. The van der Waals surface area contributed by atoms with E-state index in [0.717, 1.165) is 11.5 Å². The summed E-state index contributed by atoms with van der Waals surface area (Å²) in [6, 6.07) is 4.04. The Morgan fingerprint density at radius 2 is 2.20 bits per heavy atom. The van der Waals surface area contributed by atoms with E-state index in [1.165, 1.54) is 19.3 Å². The molecule has 4 nitrogen and oxygen atoms in total. The number of hydrogen-bond donors (Lipinski definition) is 1. The van der Waals surface area contributed by atoms with Crippen LogP contribution in [-0.4, -0.2) is 35.5 Å². The number of aliphatic hydroxyl groups excluding tert-OH is 1. The predicted molar refractivity (Wildman–Crippen MR) is 59.0 cm³/mol. The molecule has 15 heavy (non-hydrogen) atoms. The van der Waals surface area contributed by atoms with Crippen molar-refractivity contribution >= 4 is 5.82 Å². The Morgan fingerprint density at radius 3 is 2.67 bits per heavy atom. The summed E-state index contributed by atoms with van der Waals surface area (Å²) in [5.41, 5.74) is 1.11. The second-order valence-electron chi connectivity index (χ2n) is 4.09. The molecule has 0 atom stereocenters. The minimum Gasteiger partial charge on any atom is -0.395 e. The van der Waals surface area contributed by atoms with Crippen molar-refractivity contribution in [1.29, 1.82) is 0 Å². The second-order valence-corrected chi connectivity index (χ2v) is 4.09. The number of rotatable bonds is 4. The zero-order valence-corrected chi connectivity index (χ0v) is 9.06. The van der Waals surface area contributed by atoms with Crippen LogP contribution in [0, 0.1) is 0 Å². The first-order valence-corrected chi connectivity index (χ1v) is 5.47. The van der Waals surface area contributed by atoms with Crippen LogP contribution in [-0.2, 0) is 0 Å². The first kappa shape index (κ1) is 10.4. The van der Waals surface area contributed by atoms with Crippen LogP contribution in [0.3, 0.4) is 0 Å². The summed E-state index contributed by atoms with van der Waals surface area (Å²) in [5, 5.41) is 17.2. The average molecular weight is 207 g/mol. The molecular formula is C11H17N3O. The Balaban J connectivity index is 2.02. The molecule has 82 valence electrons. The maximum absolute atomic E-state index is 8.80. The molecule has 1 aromatic rings. The van der Waals surface area contributed by atoms with Crippen LogP contribution in [0.5, 0.6) is 0 Å². The molecule has 1 fully saturated rings. The normalized spacial score (nSPS) is 16.1. The lowest BCUT2D eigenvalue weighted by atomic mass is 9.83. The highest BCUT2D eigenvalue weighted by Crippen LogP contribution is 2.34. The SMILES string of the molecule is CN(CCO)c1ccc(C2CCC2)nn1. The summed E-state index contributed by atoms with van der Waals surface area (Å²) >= 11 is 0. The number of hydrogen-bond acceptors (Lipinski definition) is 4. The van der Waals surface area contributed by atoms with Gasteiger partial charge < -0.3 is 10.0 Å². The van der Waals surface area contributed by atoms with E-state index in [-0.39, 0.29) is 6.61 Å². The van der Waals surface area contributed by atoms with Crippen molar-refractivity contribution in [2.75, 3.05) is 25.1 Å². The molecule has 1 saturated carbocycles. The van der Waals surface area contributed by atoms with Crippen LogP contribution in [0.4, 0.5) is 5.82 Å². The molecule has 1 aliphatic rings. The monoisotopic (exact) mass is 207 g/mol. The van der Waals surface area contributed by atoms with E-state index >= 15 is 0 Å². The second kappa shape index (κ2) is 4.57. The maximum atomic E-state index is 8.80. The van der Waals surface area contributed by atoms with Crippen molar-refractivity contribution in [1.82, 2.24) is 10.2 Å². The van der Waals surface area contributed by atoms with E-state index < -0.39 is 0 Å². The summed E-state index contributed by atoms with van der Waals surface area (Å²) in [4.78, 5) is 1.90. The van der Waals surface area contributed by atoms with E-state index in [1.54, 1.807) is 0 Å². The Morgan fingerprint density at radius 1 is 1.40 bits per heavy atom. The fourth-order valence-electron chi connectivity index (χ4n) is 1.73. The summed E-state index contributed by atoms with van der Waals surface area (Å²) < 4.78 is 0. The van der Waals surface area contributed by atoms with Gasteiger partial charge in [0.2, 0.25) is 0 Å². The molecule has 0 bridgehead atoms. The molecule has 2 rings (SSSR count). The van der Waals surface area contributed by atoms with Gasteiger partial charge in [0, 0.05) is 19.5 Å². The van der Waals surface area contributed by atoms with E-state index in [1.807, 2.05) is 18.0 Å². The molecule has 0 saturated heterocycles. The minimum absolute atomic E-state index is 0.141. The molecule has 0 unspecified atom stereocenters. The maximum Gasteiger partial charge on any atom is 0.151 e. The Bertz CT molecular complexity index is 308. The predicted octanol–water partition coefficient (Wildman–Crippen LogP) is 1.17. The van der Waals surface area contributed by atoms with Gasteiger partial charge in [0.1, 0.15) is 0 Å². The van der Waals surface area contributed by atoms with Crippen molar-refractivity contribution in [3.8, 4) is 0 Å². The van der Waals surface area contributed by atoms with Crippen molar-refractivity contribution in [2.24, 2.45) is 0 Å². The van der Waals surface area contributed by atoms with Gasteiger partial charge in [-0.25, -0.2) is 0 Å². The summed E-state index contributed by atoms with van der Waals surface area (Å²) in [6.45, 7) is 0.736. The van der Waals surface area contributed by atoms with Gasteiger partial charge in [-0.05, 0) is 25.0 Å². The standard InChI is InChI=1S/C11H17N3O/c1-14(7-8-15)11-6-5-10(12-13-11)9-3-2-4-9/h5-6,9,15H,2-4,7-8H2,1H3. The highest BCUT2D eigenvalue weighted by molar-refractivity contribution is 5.36. The third-order valence-electron chi connectivity index (χ3n) is 3.02. The molecule has 0 radical (unpaired) electrons. The summed E-state index contributed by atoms with van der Waals surface area (Å²) in [6.07, 6.45) is 3.82. The number of aliphatic hydroxyl groups is 1. The minimum atomic E-state index is 0.141. The summed E-state index contributed by atoms with van der Waals surface area (Å²) in [7, 11) is 1.91. The first-order valence-electron chi connectivity index (χ1n) is 5.47. The molecule has 1 aliphatic carbocycles. The van der Waals surface area contributed by atoms with Crippen LogP contribution >= 0.6 is 0 Å². The number of anilines is 1. The molecule has 4 heteroatoms. The summed E-state index contributed by atoms with van der Waals surface area (Å²) in [5.74, 6) is 1.46. The zero-order chi connectivity index (χ0) is 10.7. The smallest absolute Gasteiger partial charge is 0.151 e. The Kier molecular flexibility index (Phi) is 3.16. The van der Waals surface area contributed by atoms with E-state index in [4.69, 9.17) is 5.11 Å². The third kappa shape index (κ3) is 2.26. The van der Waals surface area contributed by atoms with E-state index in [9.17, 15) is 0 Å². The lowest BCUT2D eigenvalue weighted by molar-refractivity contribution is 0.303. The number of likely N-dealkylation sites (N-methyl/N-ethyl adjacent to an activating group) is 1. The van der Waals surface area contributed by atoms with E-state index in [2.05, 4.69) is 16.3 Å². The van der Waals surface area contributed by atoms with Crippen molar-refractivity contribution < 1.29 is 5.11 Å². The van der Waals surface area contributed by atoms with Crippen molar-refractivity contribution in [2.45, 2.75) is 25.2 Å². The molecule has 0 aliphatic heterocycles. The Hall–Kier alpha value is -1.16. The highest BCUT2D eigenvalue weighted by atomic mass is 16.3. The van der Waals surface area contributed by atoms with Crippen LogP contribution in [0.1, 0.15) is 30.9 Å². The molecular weight excluding hydrogens is 190 g/mol. The molecule has 1 heterocycles. The van der Waals surface area contributed by atoms with Crippen molar-refractivity contribution in [3.05, 3.63) is 17.8 Å². The van der Waals surface area contributed by atoms with Gasteiger partial charge in [-0.15, -0.1) is 5.10 Å². The molecule has 0 aromatic carbocycles. The molecule has 1 aromatic heterocycles. The van der Waals surface area contributed by atoms with Gasteiger partial charge in [-0.3, -0.25) is 0 Å². The molecule has 0 spiro atoms. The topological polar surface area (TPSA) is 49.2 Å². The van der Waals surface area contributed by atoms with Gasteiger partial charge in [-0.1, -0.05) is 6.42 Å². The van der Waals surface area contributed by atoms with Gasteiger partial charge >= 0.3 is 0 Å². The quantitative estimate of drug-likeness (QED) is 0.805. The van der Waals surface area contributed by atoms with Gasteiger partial charge in [0.05, 0.1) is 12.3 Å².